The van der Waals surface area contributed by atoms with Gasteiger partial charge in [-0.3, -0.25) is 0 Å². The highest BCUT2D eigenvalue weighted by molar-refractivity contribution is 6.44. The minimum atomic E-state index is -3.81. The molecule has 11 heteroatoms. The third-order valence-corrected chi connectivity index (χ3v) is 3.85. The van der Waals surface area contributed by atoms with E-state index in [2.05, 4.69) is 15.0 Å². The van der Waals surface area contributed by atoms with Crippen LogP contribution in [0.4, 0.5) is 28.0 Å². The second-order valence-electron chi connectivity index (χ2n) is 6.10. The van der Waals surface area contributed by atoms with Crippen molar-refractivity contribution in [2.45, 2.75) is 30.9 Å². The summed E-state index contributed by atoms with van der Waals surface area (Å²) in [7, 11) is 0. The van der Waals surface area contributed by atoms with Gasteiger partial charge in [0, 0.05) is 5.69 Å². The lowest BCUT2D eigenvalue weighted by Crippen LogP contribution is -2.32. The van der Waals surface area contributed by atoms with Crippen molar-refractivity contribution in [3.8, 4) is 5.75 Å². The van der Waals surface area contributed by atoms with Gasteiger partial charge in [0.25, 0.3) is 0 Å². The Kier molecular flexibility index (Phi) is 7.91. The molecule has 0 saturated carbocycles. The van der Waals surface area contributed by atoms with Gasteiger partial charge in [-0.15, -0.1) is 0 Å². The lowest BCUT2D eigenvalue weighted by Gasteiger charge is -2.18. The molecule has 30 heavy (non-hydrogen) atoms. The van der Waals surface area contributed by atoms with Gasteiger partial charge in [-0.1, -0.05) is 29.3 Å². The van der Waals surface area contributed by atoms with Crippen molar-refractivity contribution >= 4 is 40.8 Å². The quantitative estimate of drug-likeness (QED) is 0.240. The van der Waals surface area contributed by atoms with Crippen molar-refractivity contribution in [2.75, 3.05) is 5.32 Å². The molecule has 2 aromatic rings. The van der Waals surface area contributed by atoms with Gasteiger partial charge in [0.05, 0.1) is 6.10 Å². The molecule has 0 spiro atoms. The molecule has 2 aromatic carbocycles. The topological polar surface area (TPSA) is 59.9 Å². The molecule has 0 aliphatic heterocycles. The van der Waals surface area contributed by atoms with Crippen molar-refractivity contribution in [2.24, 2.45) is 4.99 Å². The summed E-state index contributed by atoms with van der Waals surface area (Å²) in [5.41, 5.74) is -0.449. The van der Waals surface area contributed by atoms with Crippen LogP contribution in [0.15, 0.2) is 47.5 Å². The summed E-state index contributed by atoms with van der Waals surface area (Å²) in [5.74, 6) is -2.72. The highest BCUT2D eigenvalue weighted by atomic mass is 35.5. The number of halogens is 6. The summed E-state index contributed by atoms with van der Waals surface area (Å²) in [6.45, 7) is 3.18. The molecule has 0 heterocycles. The third-order valence-electron chi connectivity index (χ3n) is 3.34. The molecule has 0 fully saturated rings. The Bertz CT molecular complexity index is 902. The zero-order chi connectivity index (χ0) is 22.5. The number of rotatable bonds is 6. The number of benzene rings is 2. The highest BCUT2D eigenvalue weighted by Gasteiger charge is 2.40. The van der Waals surface area contributed by atoms with Crippen LogP contribution < -0.4 is 10.1 Å². The number of carbonyl (C=O) groups is 1. The standard InChI is InChI=1S/C19H16Cl2F4N2O3/c1-10(2)29-16(15-13(22)4-3-5-14(15)23)27-18(28)26-11-6-8-12(9-7-11)30-19(24,25)17(20)21/h3-10,17H,1-2H3,(H,26,28). The molecule has 2 rings (SSSR count). The molecule has 5 nitrogen and oxygen atoms in total. The number of urea groups is 1. The summed E-state index contributed by atoms with van der Waals surface area (Å²) in [4.78, 5) is 13.7. The van der Waals surface area contributed by atoms with Crippen LogP contribution >= 0.6 is 23.2 Å². The van der Waals surface area contributed by atoms with Gasteiger partial charge in [-0.2, -0.15) is 13.8 Å². The number of aliphatic imine (C=N–C) groups is 1. The summed E-state index contributed by atoms with van der Waals surface area (Å²) in [6, 6.07) is 6.88. The highest BCUT2D eigenvalue weighted by Crippen LogP contribution is 2.30. The van der Waals surface area contributed by atoms with Crippen LogP contribution in [0.1, 0.15) is 19.4 Å². The molecule has 0 bridgehead atoms. The van der Waals surface area contributed by atoms with Gasteiger partial charge in [-0.25, -0.2) is 13.6 Å². The average Bonchev–Trinajstić information content (AvgIpc) is 2.62. The lowest BCUT2D eigenvalue weighted by molar-refractivity contribution is -0.163. The van der Waals surface area contributed by atoms with E-state index in [0.29, 0.717) is 0 Å². The van der Waals surface area contributed by atoms with Crippen LogP contribution in [0, 0.1) is 11.6 Å². The molecular formula is C19H16Cl2F4N2O3. The molecule has 0 aliphatic carbocycles. The van der Waals surface area contributed by atoms with Crippen LogP contribution in [0.25, 0.3) is 0 Å². The fourth-order valence-corrected chi connectivity index (χ4v) is 2.21. The van der Waals surface area contributed by atoms with Crippen molar-refractivity contribution in [1.82, 2.24) is 0 Å². The van der Waals surface area contributed by atoms with Gasteiger partial charge < -0.3 is 14.8 Å². The molecule has 0 saturated heterocycles. The van der Waals surface area contributed by atoms with Gasteiger partial charge in [-0.05, 0) is 50.2 Å². The number of carbonyl (C=O) groups excluding carboxylic acids is 1. The minimum Gasteiger partial charge on any atom is -0.474 e. The predicted molar refractivity (Wildman–Crippen MR) is 106 cm³/mol. The molecule has 0 aliphatic rings. The van der Waals surface area contributed by atoms with Crippen molar-refractivity contribution in [3.05, 3.63) is 59.7 Å². The van der Waals surface area contributed by atoms with E-state index in [0.717, 1.165) is 30.3 Å². The smallest absolute Gasteiger partial charge is 0.428 e. The predicted octanol–water partition coefficient (Wildman–Crippen LogP) is 6.14. The number of amides is 2. The van der Waals surface area contributed by atoms with E-state index in [9.17, 15) is 22.4 Å². The van der Waals surface area contributed by atoms with E-state index in [1.54, 1.807) is 13.8 Å². The van der Waals surface area contributed by atoms with Crippen LogP contribution in [0.5, 0.6) is 5.75 Å². The Balaban J connectivity index is 2.19. The number of hydrogen-bond acceptors (Lipinski definition) is 3. The summed E-state index contributed by atoms with van der Waals surface area (Å²) < 4.78 is 64.5. The van der Waals surface area contributed by atoms with E-state index < -0.39 is 46.2 Å². The number of nitrogens with zero attached hydrogens (tertiary/aromatic N) is 1. The number of ether oxygens (including phenoxy) is 2. The van der Waals surface area contributed by atoms with Crippen LogP contribution in [0.2, 0.25) is 0 Å². The van der Waals surface area contributed by atoms with Gasteiger partial charge in [0.15, 0.2) is 0 Å². The maximum absolute atomic E-state index is 14.0. The van der Waals surface area contributed by atoms with E-state index in [1.165, 1.54) is 12.1 Å². The maximum atomic E-state index is 14.0. The fourth-order valence-electron chi connectivity index (χ4n) is 2.12. The lowest BCUT2D eigenvalue weighted by atomic mass is 10.2. The summed E-state index contributed by atoms with van der Waals surface area (Å²) in [6.07, 6.45) is -4.34. The van der Waals surface area contributed by atoms with E-state index in [1.807, 2.05) is 0 Å². The van der Waals surface area contributed by atoms with Gasteiger partial charge in [0.2, 0.25) is 10.7 Å². The number of alkyl halides is 4. The summed E-state index contributed by atoms with van der Waals surface area (Å²) in [5, 5.41) is 2.32. The normalized spacial score (nSPS) is 12.3. The van der Waals surface area contributed by atoms with E-state index in [4.69, 9.17) is 27.9 Å². The van der Waals surface area contributed by atoms with Crippen LogP contribution in [-0.2, 0) is 4.74 Å². The van der Waals surface area contributed by atoms with Gasteiger partial charge >= 0.3 is 12.1 Å². The minimum absolute atomic E-state index is 0.144. The molecule has 0 atom stereocenters. The Hall–Kier alpha value is -2.52. The van der Waals surface area contributed by atoms with Crippen molar-refractivity contribution in [3.63, 3.8) is 0 Å². The first-order chi connectivity index (χ1) is 14.0. The maximum Gasteiger partial charge on any atom is 0.428 e. The van der Waals surface area contributed by atoms with Gasteiger partial charge in [0.1, 0.15) is 22.9 Å². The Labute approximate surface area is 179 Å². The molecule has 0 aromatic heterocycles. The van der Waals surface area contributed by atoms with E-state index in [-0.39, 0.29) is 11.4 Å². The Morgan fingerprint density at radius 3 is 2.13 bits per heavy atom. The first-order valence-electron chi connectivity index (χ1n) is 8.45. The van der Waals surface area contributed by atoms with Crippen LogP contribution in [-0.4, -0.2) is 29.0 Å². The Morgan fingerprint density at radius 1 is 1.07 bits per heavy atom. The van der Waals surface area contributed by atoms with E-state index >= 15 is 0 Å². The van der Waals surface area contributed by atoms with Crippen molar-refractivity contribution in [1.29, 1.82) is 0 Å². The first kappa shape index (κ1) is 23.8. The second kappa shape index (κ2) is 9.99. The molecule has 0 radical (unpaired) electrons. The second-order valence-corrected chi connectivity index (χ2v) is 7.20. The zero-order valence-corrected chi connectivity index (χ0v) is 17.1. The largest absolute Gasteiger partial charge is 0.474 e. The number of anilines is 1. The van der Waals surface area contributed by atoms with Crippen molar-refractivity contribution < 1.29 is 31.8 Å². The monoisotopic (exact) mass is 466 g/mol. The first-order valence-corrected chi connectivity index (χ1v) is 9.32. The molecule has 2 amide bonds. The molecular weight excluding hydrogens is 451 g/mol. The Morgan fingerprint density at radius 2 is 1.63 bits per heavy atom. The third kappa shape index (κ3) is 6.50. The molecule has 162 valence electrons. The molecule has 0 unspecified atom stereocenters. The average molecular weight is 467 g/mol. The molecule has 1 N–H and O–H groups in total. The zero-order valence-electron chi connectivity index (χ0n) is 15.6. The number of hydrogen-bond donors (Lipinski definition) is 1. The fraction of sp³-hybridized carbons (Fsp3) is 0.263. The summed E-state index contributed by atoms with van der Waals surface area (Å²) >= 11 is 10.3. The number of nitrogens with one attached hydrogen (secondary N) is 1. The SMILES string of the molecule is CC(C)OC(=NC(=O)Nc1ccc(OC(F)(F)C(Cl)Cl)cc1)c1c(F)cccc1F. The van der Waals surface area contributed by atoms with Crippen LogP contribution in [0.3, 0.4) is 0 Å².